The van der Waals surface area contributed by atoms with E-state index in [4.69, 9.17) is 5.11 Å². The molecule has 1 fully saturated rings. The van der Waals surface area contributed by atoms with Crippen molar-refractivity contribution in [2.75, 3.05) is 13.2 Å². The number of nitrogens with one attached hydrogen (secondary N) is 1. The van der Waals surface area contributed by atoms with E-state index in [1.165, 1.54) is 19.3 Å². The van der Waals surface area contributed by atoms with Crippen LogP contribution >= 0.6 is 0 Å². The van der Waals surface area contributed by atoms with Crippen LogP contribution in [-0.2, 0) is 0 Å². The van der Waals surface area contributed by atoms with Gasteiger partial charge in [-0.3, -0.25) is 4.79 Å². The summed E-state index contributed by atoms with van der Waals surface area (Å²) in [5.74, 6) is 6.71. The highest BCUT2D eigenvalue weighted by molar-refractivity contribution is 5.96. The normalized spacial score (nSPS) is 21.1. The molecular formula is C17H21NO2. The van der Waals surface area contributed by atoms with Gasteiger partial charge in [0.25, 0.3) is 5.91 Å². The number of benzene rings is 1. The van der Waals surface area contributed by atoms with Crippen molar-refractivity contribution in [3.8, 4) is 11.8 Å². The maximum absolute atomic E-state index is 12.2. The molecule has 20 heavy (non-hydrogen) atoms. The summed E-state index contributed by atoms with van der Waals surface area (Å²) < 4.78 is 0. The van der Waals surface area contributed by atoms with E-state index in [1.54, 1.807) is 12.1 Å². The second-order valence-corrected chi connectivity index (χ2v) is 5.50. The van der Waals surface area contributed by atoms with E-state index in [0.717, 1.165) is 12.5 Å². The van der Waals surface area contributed by atoms with Gasteiger partial charge in [-0.2, -0.15) is 0 Å². The molecule has 1 aromatic carbocycles. The summed E-state index contributed by atoms with van der Waals surface area (Å²) in [5, 5.41) is 11.8. The van der Waals surface area contributed by atoms with Crippen LogP contribution in [0, 0.1) is 23.7 Å². The fourth-order valence-corrected chi connectivity index (χ4v) is 2.77. The standard InChI is InChI=1S/C17H21NO2/c1-13-8-9-14(11-13)12-18-17(20)16-7-3-2-5-15(16)6-4-10-19/h2-3,5,7,13-14,19H,8-12H2,1H3,(H,18,20). The van der Waals surface area contributed by atoms with Gasteiger partial charge < -0.3 is 10.4 Å². The molecule has 0 saturated heterocycles. The number of aliphatic hydroxyl groups is 1. The minimum absolute atomic E-state index is 0.0765. The Hall–Kier alpha value is -1.79. The molecule has 0 heterocycles. The van der Waals surface area contributed by atoms with Gasteiger partial charge in [0.2, 0.25) is 0 Å². The van der Waals surface area contributed by atoms with Crippen LogP contribution in [-0.4, -0.2) is 24.2 Å². The second-order valence-electron chi connectivity index (χ2n) is 5.50. The molecule has 0 aliphatic heterocycles. The van der Waals surface area contributed by atoms with Crippen LogP contribution in [0.5, 0.6) is 0 Å². The van der Waals surface area contributed by atoms with E-state index < -0.39 is 0 Å². The van der Waals surface area contributed by atoms with Crippen LogP contribution in [0.3, 0.4) is 0 Å². The van der Waals surface area contributed by atoms with Crippen molar-refractivity contribution in [3.05, 3.63) is 35.4 Å². The highest BCUT2D eigenvalue weighted by Crippen LogP contribution is 2.29. The molecule has 0 bridgehead atoms. The third-order valence-electron chi connectivity index (χ3n) is 3.83. The highest BCUT2D eigenvalue weighted by atomic mass is 16.2. The fourth-order valence-electron chi connectivity index (χ4n) is 2.77. The van der Waals surface area contributed by atoms with Crippen LogP contribution in [0.1, 0.15) is 42.1 Å². The first-order chi connectivity index (χ1) is 9.70. The Morgan fingerprint density at radius 1 is 1.40 bits per heavy atom. The molecular weight excluding hydrogens is 250 g/mol. The fraction of sp³-hybridized carbons (Fsp3) is 0.471. The number of carbonyl (C=O) groups excluding carboxylic acids is 1. The Bertz CT molecular complexity index is 527. The lowest BCUT2D eigenvalue weighted by Crippen LogP contribution is -2.29. The van der Waals surface area contributed by atoms with Gasteiger partial charge in [0.15, 0.2) is 0 Å². The van der Waals surface area contributed by atoms with Gasteiger partial charge in [0.1, 0.15) is 6.61 Å². The minimum atomic E-state index is -0.198. The lowest BCUT2D eigenvalue weighted by Gasteiger charge is -2.12. The molecule has 0 spiro atoms. The van der Waals surface area contributed by atoms with E-state index in [1.807, 2.05) is 12.1 Å². The molecule has 3 nitrogen and oxygen atoms in total. The first kappa shape index (κ1) is 14.6. The summed E-state index contributed by atoms with van der Waals surface area (Å²) in [7, 11) is 0. The molecule has 0 aromatic heterocycles. The van der Waals surface area contributed by atoms with E-state index in [0.29, 0.717) is 17.0 Å². The molecule has 2 atom stereocenters. The lowest BCUT2D eigenvalue weighted by atomic mass is 10.0. The van der Waals surface area contributed by atoms with Gasteiger partial charge in [-0.25, -0.2) is 0 Å². The molecule has 3 heteroatoms. The van der Waals surface area contributed by atoms with Gasteiger partial charge in [-0.05, 0) is 36.8 Å². The average molecular weight is 271 g/mol. The van der Waals surface area contributed by atoms with Crippen LogP contribution in [0.4, 0.5) is 0 Å². The highest BCUT2D eigenvalue weighted by Gasteiger charge is 2.22. The zero-order valence-electron chi connectivity index (χ0n) is 11.9. The predicted octanol–water partition coefficient (Wildman–Crippen LogP) is 2.20. The SMILES string of the molecule is CC1CCC(CNC(=O)c2ccccc2C#CCO)C1. The summed E-state index contributed by atoms with van der Waals surface area (Å²) >= 11 is 0. The first-order valence-corrected chi connectivity index (χ1v) is 7.17. The third kappa shape index (κ3) is 3.85. The van der Waals surface area contributed by atoms with Gasteiger partial charge in [-0.1, -0.05) is 37.3 Å². The largest absolute Gasteiger partial charge is 0.384 e. The van der Waals surface area contributed by atoms with Crippen molar-refractivity contribution in [2.24, 2.45) is 11.8 Å². The summed E-state index contributed by atoms with van der Waals surface area (Å²) in [4.78, 5) is 12.2. The summed E-state index contributed by atoms with van der Waals surface area (Å²) in [5.41, 5.74) is 1.25. The van der Waals surface area contributed by atoms with Crippen molar-refractivity contribution in [2.45, 2.75) is 26.2 Å². The minimum Gasteiger partial charge on any atom is -0.384 e. The molecule has 1 aliphatic rings. The number of aliphatic hydroxyl groups excluding tert-OH is 1. The topological polar surface area (TPSA) is 49.3 Å². The number of rotatable bonds is 3. The molecule has 1 aliphatic carbocycles. The zero-order chi connectivity index (χ0) is 14.4. The number of hydrogen-bond acceptors (Lipinski definition) is 2. The monoisotopic (exact) mass is 271 g/mol. The van der Waals surface area contributed by atoms with E-state index in [-0.39, 0.29) is 12.5 Å². The molecule has 1 saturated carbocycles. The van der Waals surface area contributed by atoms with E-state index >= 15 is 0 Å². The molecule has 0 radical (unpaired) electrons. The van der Waals surface area contributed by atoms with Crippen LogP contribution in [0.15, 0.2) is 24.3 Å². The summed E-state index contributed by atoms with van der Waals surface area (Å²) in [6.07, 6.45) is 3.67. The van der Waals surface area contributed by atoms with Crippen molar-refractivity contribution < 1.29 is 9.90 Å². The first-order valence-electron chi connectivity index (χ1n) is 7.17. The number of amides is 1. The Morgan fingerprint density at radius 2 is 2.20 bits per heavy atom. The van der Waals surface area contributed by atoms with E-state index in [9.17, 15) is 4.79 Å². The quantitative estimate of drug-likeness (QED) is 0.828. The molecule has 1 amide bonds. The van der Waals surface area contributed by atoms with Crippen LogP contribution in [0.2, 0.25) is 0 Å². The smallest absolute Gasteiger partial charge is 0.252 e. The van der Waals surface area contributed by atoms with Crippen molar-refractivity contribution in [1.82, 2.24) is 5.32 Å². The third-order valence-corrected chi connectivity index (χ3v) is 3.83. The van der Waals surface area contributed by atoms with Crippen LogP contribution < -0.4 is 5.32 Å². The Morgan fingerprint density at radius 3 is 2.90 bits per heavy atom. The molecule has 2 rings (SSSR count). The van der Waals surface area contributed by atoms with Gasteiger partial charge in [0.05, 0.1) is 5.56 Å². The van der Waals surface area contributed by atoms with Crippen LogP contribution in [0.25, 0.3) is 0 Å². The molecule has 2 unspecified atom stereocenters. The number of carbonyl (C=O) groups is 1. The lowest BCUT2D eigenvalue weighted by molar-refractivity contribution is 0.0947. The zero-order valence-corrected chi connectivity index (χ0v) is 11.9. The Labute approximate surface area is 120 Å². The van der Waals surface area contributed by atoms with Gasteiger partial charge in [0, 0.05) is 12.1 Å². The van der Waals surface area contributed by atoms with Gasteiger partial charge in [-0.15, -0.1) is 0 Å². The van der Waals surface area contributed by atoms with Crippen molar-refractivity contribution >= 4 is 5.91 Å². The Kier molecular flexibility index (Phi) is 5.20. The summed E-state index contributed by atoms with van der Waals surface area (Å²) in [6, 6.07) is 7.25. The molecule has 2 N–H and O–H groups in total. The summed E-state index contributed by atoms with van der Waals surface area (Å²) in [6.45, 7) is 2.81. The van der Waals surface area contributed by atoms with Crippen molar-refractivity contribution in [1.29, 1.82) is 0 Å². The number of hydrogen-bond donors (Lipinski definition) is 2. The van der Waals surface area contributed by atoms with E-state index in [2.05, 4.69) is 24.1 Å². The average Bonchev–Trinajstić information content (AvgIpc) is 2.88. The van der Waals surface area contributed by atoms with Crippen molar-refractivity contribution in [3.63, 3.8) is 0 Å². The molecule has 1 aromatic rings. The van der Waals surface area contributed by atoms with Gasteiger partial charge >= 0.3 is 0 Å². The second kappa shape index (κ2) is 7.12. The molecule has 106 valence electrons. The maximum atomic E-state index is 12.2. The maximum Gasteiger partial charge on any atom is 0.252 e. The Balaban J connectivity index is 1.98. The predicted molar refractivity (Wildman–Crippen MR) is 79.2 cm³/mol.